The van der Waals surface area contributed by atoms with Gasteiger partial charge in [0.2, 0.25) is 0 Å². The molecule has 0 radical (unpaired) electrons. The van der Waals surface area contributed by atoms with Gasteiger partial charge in [0.1, 0.15) is 11.5 Å². The topological polar surface area (TPSA) is 45.1 Å². The summed E-state index contributed by atoms with van der Waals surface area (Å²) in [7, 11) is 1.60. The highest BCUT2D eigenvalue weighted by Gasteiger charge is 2.23. The first kappa shape index (κ1) is 16.3. The number of halogens is 1. The lowest BCUT2D eigenvalue weighted by Gasteiger charge is -2.21. The number of hydrogen-bond donors (Lipinski definition) is 1. The average molecular weight is 355 g/mol. The number of likely N-dealkylation sites (tertiary alicyclic amines) is 1. The van der Waals surface area contributed by atoms with E-state index >= 15 is 0 Å². The summed E-state index contributed by atoms with van der Waals surface area (Å²) in [5.74, 6) is 0.838. The second kappa shape index (κ2) is 7.27. The molecular weight excluding hydrogens is 332 g/mol. The molecule has 2 rings (SSSR count). The third-order valence-corrected chi connectivity index (χ3v) is 4.72. The zero-order valence-electron chi connectivity index (χ0n) is 12.9. The molecule has 1 aromatic rings. The van der Waals surface area contributed by atoms with Crippen molar-refractivity contribution in [3.8, 4) is 11.5 Å². The van der Waals surface area contributed by atoms with Gasteiger partial charge < -0.3 is 9.84 Å². The van der Waals surface area contributed by atoms with E-state index in [2.05, 4.69) is 27.8 Å². The third kappa shape index (κ3) is 3.58. The van der Waals surface area contributed by atoms with Gasteiger partial charge in [0.25, 0.3) is 0 Å². The minimum Gasteiger partial charge on any atom is -0.507 e. The molecule has 1 aromatic carbocycles. The molecule has 0 spiro atoms. The molecule has 0 aliphatic carbocycles. The lowest BCUT2D eigenvalue weighted by atomic mass is 10.1. The molecule has 0 saturated carbocycles. The monoisotopic (exact) mass is 354 g/mol. The molecular formula is C16H23BrN2O2. The molecule has 1 unspecified atom stereocenters. The van der Waals surface area contributed by atoms with E-state index in [1.54, 1.807) is 19.2 Å². The normalized spacial score (nSPS) is 20.0. The van der Waals surface area contributed by atoms with Gasteiger partial charge in [-0.25, -0.2) is 0 Å². The first-order chi connectivity index (χ1) is 10.1. The molecule has 1 aliphatic rings. The number of ether oxygens (including phenoxy) is 1. The van der Waals surface area contributed by atoms with E-state index in [1.165, 1.54) is 19.4 Å². The van der Waals surface area contributed by atoms with Crippen LogP contribution in [0.4, 0.5) is 0 Å². The Morgan fingerprint density at radius 3 is 2.95 bits per heavy atom. The van der Waals surface area contributed by atoms with Crippen LogP contribution >= 0.6 is 15.9 Å². The maximum atomic E-state index is 10.1. The Bertz CT molecular complexity index is 531. The smallest absolute Gasteiger partial charge is 0.145 e. The number of nitrogens with zero attached hydrogens (tertiary/aromatic N) is 2. The van der Waals surface area contributed by atoms with Crippen LogP contribution in [0.25, 0.3) is 0 Å². The summed E-state index contributed by atoms with van der Waals surface area (Å²) in [4.78, 5) is 7.17. The zero-order chi connectivity index (χ0) is 15.4. The Labute approximate surface area is 135 Å². The van der Waals surface area contributed by atoms with Crippen molar-refractivity contribution in [3.63, 3.8) is 0 Å². The fraction of sp³-hybridized carbons (Fsp3) is 0.562. The molecule has 1 heterocycles. The molecule has 4 nitrogen and oxygen atoms in total. The number of likely N-dealkylation sites (N-methyl/N-ethyl adjacent to an activating group) is 1. The number of benzene rings is 1. The minimum atomic E-state index is 0.204. The fourth-order valence-electron chi connectivity index (χ4n) is 2.94. The molecule has 116 valence electrons. The van der Waals surface area contributed by atoms with Crippen molar-refractivity contribution in [1.29, 1.82) is 0 Å². The van der Waals surface area contributed by atoms with Crippen molar-refractivity contribution in [3.05, 3.63) is 22.2 Å². The van der Waals surface area contributed by atoms with E-state index in [1.807, 2.05) is 6.92 Å². The molecule has 0 bridgehead atoms. The molecule has 21 heavy (non-hydrogen) atoms. The summed E-state index contributed by atoms with van der Waals surface area (Å²) < 4.78 is 6.22. The van der Waals surface area contributed by atoms with E-state index < -0.39 is 0 Å². The minimum absolute atomic E-state index is 0.204. The van der Waals surface area contributed by atoms with Gasteiger partial charge in [-0.1, -0.05) is 6.92 Å². The molecule has 0 aromatic heterocycles. The van der Waals surface area contributed by atoms with Crippen LogP contribution in [-0.4, -0.2) is 48.5 Å². The van der Waals surface area contributed by atoms with Gasteiger partial charge in [-0.3, -0.25) is 9.89 Å². The van der Waals surface area contributed by atoms with Crippen LogP contribution in [0.5, 0.6) is 11.5 Å². The molecule has 1 N–H and O–H groups in total. The number of phenolic OH excluding ortho intramolecular Hbond substituents is 1. The molecule has 1 saturated heterocycles. The summed E-state index contributed by atoms with van der Waals surface area (Å²) in [5, 5.41) is 10.1. The third-order valence-electron chi connectivity index (χ3n) is 4.10. The Morgan fingerprint density at radius 1 is 1.52 bits per heavy atom. The maximum Gasteiger partial charge on any atom is 0.145 e. The van der Waals surface area contributed by atoms with Crippen LogP contribution in [-0.2, 0) is 0 Å². The maximum absolute atomic E-state index is 10.1. The lowest BCUT2D eigenvalue weighted by Crippen LogP contribution is -2.31. The van der Waals surface area contributed by atoms with Crippen LogP contribution in [0.3, 0.4) is 0 Å². The summed E-state index contributed by atoms with van der Waals surface area (Å²) in [5.41, 5.74) is 1.49. The fourth-order valence-corrected chi connectivity index (χ4v) is 3.43. The van der Waals surface area contributed by atoms with Crippen LogP contribution < -0.4 is 4.74 Å². The first-order valence-corrected chi connectivity index (χ1v) is 8.18. The van der Waals surface area contributed by atoms with Crippen molar-refractivity contribution in [2.45, 2.75) is 32.7 Å². The van der Waals surface area contributed by atoms with Gasteiger partial charge in [-0.15, -0.1) is 0 Å². The summed E-state index contributed by atoms with van der Waals surface area (Å²) in [6.07, 6.45) is 2.45. The van der Waals surface area contributed by atoms with Crippen LogP contribution in [0.2, 0.25) is 0 Å². The largest absolute Gasteiger partial charge is 0.507 e. The quantitative estimate of drug-likeness (QED) is 0.823. The molecule has 1 fully saturated rings. The van der Waals surface area contributed by atoms with E-state index in [9.17, 15) is 5.11 Å². The zero-order valence-corrected chi connectivity index (χ0v) is 14.5. The molecule has 1 aliphatic heterocycles. The number of rotatable bonds is 5. The van der Waals surface area contributed by atoms with E-state index in [0.29, 0.717) is 17.4 Å². The van der Waals surface area contributed by atoms with E-state index in [4.69, 9.17) is 9.73 Å². The number of aliphatic imine (C=N–C) groups is 1. The highest BCUT2D eigenvalue weighted by atomic mass is 79.9. The van der Waals surface area contributed by atoms with Gasteiger partial charge in [-0.2, -0.15) is 0 Å². The van der Waals surface area contributed by atoms with Crippen molar-refractivity contribution >= 4 is 21.6 Å². The van der Waals surface area contributed by atoms with Crippen LogP contribution in [0.15, 0.2) is 21.6 Å². The van der Waals surface area contributed by atoms with Crippen molar-refractivity contribution in [2.75, 3.05) is 26.7 Å². The number of methoxy groups -OCH3 is 1. The Hall–Kier alpha value is -1.07. The average Bonchev–Trinajstić information content (AvgIpc) is 2.94. The highest BCUT2D eigenvalue weighted by molar-refractivity contribution is 9.10. The van der Waals surface area contributed by atoms with Gasteiger partial charge in [0.05, 0.1) is 23.7 Å². The van der Waals surface area contributed by atoms with E-state index in [-0.39, 0.29) is 5.75 Å². The van der Waals surface area contributed by atoms with Crippen molar-refractivity contribution < 1.29 is 9.84 Å². The number of aromatic hydroxyl groups is 1. The van der Waals surface area contributed by atoms with Gasteiger partial charge in [-0.05, 0) is 60.9 Å². The lowest BCUT2D eigenvalue weighted by molar-refractivity contribution is 0.273. The Kier molecular flexibility index (Phi) is 5.65. The van der Waals surface area contributed by atoms with Gasteiger partial charge in [0.15, 0.2) is 0 Å². The first-order valence-electron chi connectivity index (χ1n) is 7.39. The SMILES string of the molecule is CCN1CCCC1C/N=C(\C)c1c(O)ccc(Br)c1OC. The predicted octanol–water partition coefficient (Wildman–Crippen LogP) is 3.46. The van der Waals surface area contributed by atoms with Crippen molar-refractivity contribution in [1.82, 2.24) is 4.90 Å². The van der Waals surface area contributed by atoms with Crippen LogP contribution in [0.1, 0.15) is 32.3 Å². The highest BCUT2D eigenvalue weighted by Crippen LogP contribution is 2.35. The summed E-state index contributed by atoms with van der Waals surface area (Å²) in [6.45, 7) is 7.13. The van der Waals surface area contributed by atoms with Crippen molar-refractivity contribution in [2.24, 2.45) is 4.99 Å². The van der Waals surface area contributed by atoms with E-state index in [0.717, 1.165) is 23.3 Å². The second-order valence-corrected chi connectivity index (χ2v) is 6.18. The number of hydrogen-bond acceptors (Lipinski definition) is 4. The number of phenols is 1. The molecule has 0 amide bonds. The standard InChI is InChI=1S/C16H23BrN2O2/c1-4-19-9-5-6-12(19)10-18-11(2)15-14(20)8-7-13(17)16(15)21-3/h7-8,12,20H,4-6,9-10H2,1-3H3/b18-11+. The second-order valence-electron chi connectivity index (χ2n) is 5.33. The van der Waals surface area contributed by atoms with Gasteiger partial charge >= 0.3 is 0 Å². The summed E-state index contributed by atoms with van der Waals surface area (Å²) in [6, 6.07) is 3.96. The Morgan fingerprint density at radius 2 is 2.29 bits per heavy atom. The van der Waals surface area contributed by atoms with Gasteiger partial charge in [0, 0.05) is 11.8 Å². The summed E-state index contributed by atoms with van der Waals surface area (Å²) >= 11 is 3.45. The van der Waals surface area contributed by atoms with Crippen LogP contribution in [0, 0.1) is 0 Å². The molecule has 5 heteroatoms. The predicted molar refractivity (Wildman–Crippen MR) is 89.7 cm³/mol. The Balaban J connectivity index is 2.21. The molecule has 1 atom stereocenters.